The second kappa shape index (κ2) is 5.54. The fraction of sp³-hybridized carbons (Fsp3) is 0.500. The number of fused-ring (bicyclic) bond motifs is 1. The highest BCUT2D eigenvalue weighted by molar-refractivity contribution is 7.95. The summed E-state index contributed by atoms with van der Waals surface area (Å²) in [5.74, 6) is 0.836. The molecule has 0 radical (unpaired) electrons. The van der Waals surface area contributed by atoms with Gasteiger partial charge in [-0.05, 0) is 33.5 Å². The smallest absolute Gasteiger partial charge is 0.418 e. The van der Waals surface area contributed by atoms with E-state index in [9.17, 15) is 9.90 Å². The summed E-state index contributed by atoms with van der Waals surface area (Å²) in [5.41, 5.74) is 1.83. The Kier molecular flexibility index (Phi) is 4.15. The van der Waals surface area contributed by atoms with Crippen LogP contribution in [-0.4, -0.2) is 39.5 Å². The van der Waals surface area contributed by atoms with Gasteiger partial charge in [0.05, 0.1) is 6.54 Å². The van der Waals surface area contributed by atoms with Gasteiger partial charge in [-0.15, -0.1) is 0 Å². The summed E-state index contributed by atoms with van der Waals surface area (Å²) >= 11 is 1.16. The molecular formula is C14H20N2O3S. The Hall–Kier alpha value is -1.40. The largest absolute Gasteiger partial charge is 0.487 e. The Morgan fingerprint density at radius 2 is 2.15 bits per heavy atom. The van der Waals surface area contributed by atoms with E-state index in [-0.39, 0.29) is 5.60 Å². The zero-order chi connectivity index (χ0) is 14.9. The average molecular weight is 296 g/mol. The molecule has 1 amide bonds. The van der Waals surface area contributed by atoms with Gasteiger partial charge in [-0.3, -0.25) is 0 Å². The molecule has 1 aliphatic heterocycles. The van der Waals surface area contributed by atoms with Crippen LogP contribution in [-0.2, 0) is 13.0 Å². The summed E-state index contributed by atoms with van der Waals surface area (Å²) in [6.07, 6.45) is -0.108. The van der Waals surface area contributed by atoms with Crippen LogP contribution < -0.4 is 4.74 Å². The molecule has 0 unspecified atom stereocenters. The minimum atomic E-state index is -0.960. The van der Waals surface area contributed by atoms with E-state index in [1.54, 1.807) is 4.31 Å². The van der Waals surface area contributed by atoms with Gasteiger partial charge in [0.2, 0.25) is 0 Å². The molecule has 20 heavy (non-hydrogen) atoms. The highest BCUT2D eigenvalue weighted by Crippen LogP contribution is 2.38. The van der Waals surface area contributed by atoms with Crippen LogP contribution in [0.15, 0.2) is 18.2 Å². The summed E-state index contributed by atoms with van der Waals surface area (Å²) in [4.78, 5) is 11.3. The molecular weight excluding hydrogens is 276 g/mol. The quantitative estimate of drug-likeness (QED) is 0.866. The van der Waals surface area contributed by atoms with Crippen molar-refractivity contribution in [2.24, 2.45) is 0 Å². The average Bonchev–Trinajstić information content (AvgIpc) is 2.62. The van der Waals surface area contributed by atoms with E-state index < -0.39 is 6.09 Å². The Morgan fingerprint density at radius 3 is 2.75 bits per heavy atom. The molecule has 0 spiro atoms. The van der Waals surface area contributed by atoms with Crippen molar-refractivity contribution >= 4 is 18.2 Å². The highest BCUT2D eigenvalue weighted by atomic mass is 32.2. The number of amides is 1. The Bertz CT molecular complexity index is 517. The molecule has 0 fully saturated rings. The molecule has 1 aliphatic rings. The van der Waals surface area contributed by atoms with Gasteiger partial charge in [-0.2, -0.15) is 0 Å². The predicted octanol–water partition coefficient (Wildman–Crippen LogP) is 3.00. The number of ether oxygens (including phenoxy) is 1. The first-order chi connectivity index (χ1) is 9.28. The lowest BCUT2D eigenvalue weighted by Crippen LogP contribution is -2.27. The van der Waals surface area contributed by atoms with Crippen molar-refractivity contribution in [1.82, 2.24) is 8.61 Å². The van der Waals surface area contributed by atoms with Crippen LogP contribution in [0.1, 0.15) is 25.0 Å². The third kappa shape index (κ3) is 3.37. The van der Waals surface area contributed by atoms with Crippen molar-refractivity contribution in [3.8, 4) is 5.75 Å². The molecule has 6 heteroatoms. The van der Waals surface area contributed by atoms with Gasteiger partial charge < -0.3 is 9.84 Å². The number of carboxylic acid groups (broad SMARTS) is 1. The molecule has 0 saturated heterocycles. The van der Waals surface area contributed by atoms with Gasteiger partial charge >= 0.3 is 6.09 Å². The molecule has 110 valence electrons. The lowest BCUT2D eigenvalue weighted by Gasteiger charge is -2.23. The minimum Gasteiger partial charge on any atom is -0.487 e. The second-order valence-corrected chi connectivity index (χ2v) is 6.99. The Labute approximate surface area is 123 Å². The molecule has 0 atom stereocenters. The Morgan fingerprint density at radius 1 is 1.45 bits per heavy atom. The molecule has 2 rings (SSSR count). The maximum absolute atomic E-state index is 11.3. The van der Waals surface area contributed by atoms with E-state index in [1.807, 2.05) is 46.1 Å². The number of hydrogen-bond donors (Lipinski definition) is 1. The van der Waals surface area contributed by atoms with Gasteiger partial charge in [0.1, 0.15) is 11.4 Å². The maximum atomic E-state index is 11.3. The predicted molar refractivity (Wildman–Crippen MR) is 79.7 cm³/mol. The molecule has 0 aromatic heterocycles. The topological polar surface area (TPSA) is 53.0 Å². The molecule has 1 aromatic carbocycles. The monoisotopic (exact) mass is 296 g/mol. The minimum absolute atomic E-state index is 0.221. The summed E-state index contributed by atoms with van der Waals surface area (Å²) in [6, 6.07) is 5.92. The number of para-hydroxylation sites is 1. The molecule has 0 aliphatic carbocycles. The van der Waals surface area contributed by atoms with Gasteiger partial charge in [0.25, 0.3) is 0 Å². The summed E-state index contributed by atoms with van der Waals surface area (Å²) in [7, 11) is 3.63. The van der Waals surface area contributed by atoms with Crippen LogP contribution in [0.3, 0.4) is 0 Å². The van der Waals surface area contributed by atoms with Gasteiger partial charge in [0, 0.05) is 24.1 Å². The normalized spacial score (nSPS) is 15.8. The highest BCUT2D eigenvalue weighted by Gasteiger charge is 2.32. The van der Waals surface area contributed by atoms with Gasteiger partial charge in [-0.25, -0.2) is 13.4 Å². The SMILES string of the molecule is CN(C)SN(Cc1cccc2c1OC(C)(C)C2)C(=O)O. The first-order valence-electron chi connectivity index (χ1n) is 6.44. The lowest BCUT2D eigenvalue weighted by molar-refractivity contribution is 0.136. The molecule has 1 N–H and O–H groups in total. The van der Waals surface area contributed by atoms with E-state index in [0.717, 1.165) is 35.4 Å². The van der Waals surface area contributed by atoms with E-state index in [0.29, 0.717) is 6.54 Å². The summed E-state index contributed by atoms with van der Waals surface area (Å²) < 4.78 is 9.02. The van der Waals surface area contributed by atoms with Crippen molar-refractivity contribution in [3.05, 3.63) is 29.3 Å². The zero-order valence-corrected chi connectivity index (χ0v) is 13.0. The standard InChI is InChI=1S/C14H20N2O3S/c1-14(2)8-10-6-5-7-11(12(10)19-14)9-16(13(17)18)20-15(3)4/h5-7H,8-9H2,1-4H3,(H,17,18). The number of rotatable bonds is 4. The lowest BCUT2D eigenvalue weighted by atomic mass is 10.0. The molecule has 0 bridgehead atoms. The van der Waals surface area contributed by atoms with Crippen molar-refractivity contribution < 1.29 is 14.6 Å². The summed E-state index contributed by atoms with van der Waals surface area (Å²) in [6.45, 7) is 4.39. The maximum Gasteiger partial charge on any atom is 0.418 e. The molecule has 5 nitrogen and oxygen atoms in total. The van der Waals surface area contributed by atoms with Crippen LogP contribution in [0.4, 0.5) is 4.79 Å². The van der Waals surface area contributed by atoms with E-state index in [4.69, 9.17) is 4.74 Å². The van der Waals surface area contributed by atoms with Crippen molar-refractivity contribution in [2.75, 3.05) is 14.1 Å². The number of hydrogen-bond acceptors (Lipinski definition) is 4. The number of nitrogens with zero attached hydrogens (tertiary/aromatic N) is 2. The third-order valence-electron chi connectivity index (χ3n) is 2.96. The molecule has 1 heterocycles. The van der Waals surface area contributed by atoms with Crippen molar-refractivity contribution in [1.29, 1.82) is 0 Å². The van der Waals surface area contributed by atoms with E-state index in [2.05, 4.69) is 0 Å². The third-order valence-corrected chi connectivity index (χ3v) is 3.77. The van der Waals surface area contributed by atoms with Crippen LogP contribution in [0.2, 0.25) is 0 Å². The zero-order valence-electron chi connectivity index (χ0n) is 12.2. The van der Waals surface area contributed by atoms with E-state index >= 15 is 0 Å². The summed E-state index contributed by atoms with van der Waals surface area (Å²) in [5, 5.41) is 9.27. The first kappa shape index (κ1) is 15.0. The van der Waals surface area contributed by atoms with Crippen molar-refractivity contribution in [2.45, 2.75) is 32.4 Å². The molecule has 1 aromatic rings. The van der Waals surface area contributed by atoms with E-state index in [1.165, 1.54) is 4.31 Å². The fourth-order valence-electron chi connectivity index (χ4n) is 2.29. The fourth-order valence-corrected chi connectivity index (χ4v) is 2.95. The van der Waals surface area contributed by atoms with Crippen LogP contribution >= 0.6 is 12.1 Å². The molecule has 0 saturated carbocycles. The van der Waals surface area contributed by atoms with Crippen LogP contribution in [0.5, 0.6) is 5.75 Å². The Balaban J connectivity index is 2.22. The number of benzene rings is 1. The van der Waals surface area contributed by atoms with Gasteiger partial charge in [0.15, 0.2) is 0 Å². The van der Waals surface area contributed by atoms with Gasteiger partial charge in [-0.1, -0.05) is 18.2 Å². The van der Waals surface area contributed by atoms with Crippen LogP contribution in [0.25, 0.3) is 0 Å². The van der Waals surface area contributed by atoms with Crippen LogP contribution in [0, 0.1) is 0 Å². The second-order valence-electron chi connectivity index (χ2n) is 5.66. The first-order valence-corrected chi connectivity index (χ1v) is 7.17. The van der Waals surface area contributed by atoms with Crippen molar-refractivity contribution in [3.63, 3.8) is 0 Å². The number of carbonyl (C=O) groups is 1.